The van der Waals surface area contributed by atoms with E-state index in [-0.39, 0.29) is 11.4 Å². The summed E-state index contributed by atoms with van der Waals surface area (Å²) in [6, 6.07) is 7.74. The Morgan fingerprint density at radius 3 is 2.67 bits per heavy atom. The number of aromatic nitrogens is 3. The molecule has 2 aromatic heterocycles. The second kappa shape index (κ2) is 5.01. The van der Waals surface area contributed by atoms with E-state index in [1.807, 2.05) is 6.92 Å². The van der Waals surface area contributed by atoms with Gasteiger partial charge in [0.1, 0.15) is 11.3 Å². The van der Waals surface area contributed by atoms with Crippen molar-refractivity contribution in [3.05, 3.63) is 71.0 Å². The monoisotopic (exact) mass is 283 g/mol. The lowest BCUT2D eigenvalue weighted by molar-refractivity contribution is 0.628. The van der Waals surface area contributed by atoms with Crippen LogP contribution >= 0.6 is 0 Å². The second-order valence-corrected chi connectivity index (χ2v) is 5.05. The van der Waals surface area contributed by atoms with Crippen LogP contribution in [0.3, 0.4) is 0 Å². The molecule has 0 unspecified atom stereocenters. The molecule has 0 radical (unpaired) electrons. The molecule has 0 aliphatic heterocycles. The Kier molecular flexibility index (Phi) is 3.17. The molecule has 3 rings (SSSR count). The number of allylic oxidation sites excluding steroid dienone is 1. The largest absolute Gasteiger partial charge is 0.308 e. The minimum absolute atomic E-state index is 0.124. The first kappa shape index (κ1) is 13.3. The van der Waals surface area contributed by atoms with Gasteiger partial charge in [-0.05, 0) is 37.3 Å². The fourth-order valence-electron chi connectivity index (χ4n) is 2.20. The molecule has 1 aromatic carbocycles. The molecule has 0 aliphatic rings. The van der Waals surface area contributed by atoms with E-state index in [1.54, 1.807) is 35.2 Å². The lowest BCUT2D eigenvalue weighted by atomic mass is 10.1. The zero-order valence-corrected chi connectivity index (χ0v) is 11.6. The number of halogens is 1. The number of hydrogen-bond donors (Lipinski definition) is 0. The maximum absolute atomic E-state index is 13.0. The summed E-state index contributed by atoms with van der Waals surface area (Å²) in [6.45, 7) is 6.17. The van der Waals surface area contributed by atoms with Gasteiger partial charge in [-0.3, -0.25) is 4.79 Å². The van der Waals surface area contributed by atoms with E-state index >= 15 is 0 Å². The summed E-state index contributed by atoms with van der Waals surface area (Å²) in [7, 11) is 0. The molecular formula is C16H14FN3O. The number of hydrogen-bond acceptors (Lipinski definition) is 2. The van der Waals surface area contributed by atoms with Crippen molar-refractivity contribution in [1.82, 2.24) is 14.2 Å². The first-order valence-corrected chi connectivity index (χ1v) is 6.54. The standard InChI is InChI=1S/C16H14FN3O/c1-11(2)10-19-7-8-20-15(16(19)21)9-14(18-20)12-3-5-13(17)6-4-12/h3-9H,1,10H2,2H3. The number of fused-ring (bicyclic) bond motifs is 1. The van der Waals surface area contributed by atoms with E-state index in [2.05, 4.69) is 11.7 Å². The summed E-state index contributed by atoms with van der Waals surface area (Å²) in [5, 5.41) is 4.35. The minimum atomic E-state index is -0.300. The van der Waals surface area contributed by atoms with Gasteiger partial charge in [0.2, 0.25) is 0 Å². The van der Waals surface area contributed by atoms with Crippen LogP contribution in [-0.4, -0.2) is 14.2 Å². The van der Waals surface area contributed by atoms with Crippen LogP contribution in [0.1, 0.15) is 6.92 Å². The van der Waals surface area contributed by atoms with Gasteiger partial charge in [0.15, 0.2) is 0 Å². The summed E-state index contributed by atoms with van der Waals surface area (Å²) in [6.07, 6.45) is 3.41. The number of nitrogens with zero attached hydrogens (tertiary/aromatic N) is 3. The fourth-order valence-corrected chi connectivity index (χ4v) is 2.20. The quantitative estimate of drug-likeness (QED) is 0.693. The molecule has 0 saturated carbocycles. The zero-order chi connectivity index (χ0) is 15.0. The molecular weight excluding hydrogens is 269 g/mol. The summed E-state index contributed by atoms with van der Waals surface area (Å²) >= 11 is 0. The second-order valence-electron chi connectivity index (χ2n) is 5.05. The van der Waals surface area contributed by atoms with Crippen LogP contribution in [0.2, 0.25) is 0 Å². The van der Waals surface area contributed by atoms with Crippen molar-refractivity contribution in [2.24, 2.45) is 0 Å². The van der Waals surface area contributed by atoms with Gasteiger partial charge in [-0.1, -0.05) is 12.2 Å². The molecule has 5 heteroatoms. The predicted octanol–water partition coefficient (Wildman–Crippen LogP) is 2.88. The Labute approximate surface area is 120 Å². The Morgan fingerprint density at radius 1 is 1.29 bits per heavy atom. The molecule has 0 bridgehead atoms. The van der Waals surface area contributed by atoms with Gasteiger partial charge in [0.25, 0.3) is 5.56 Å². The third-order valence-corrected chi connectivity index (χ3v) is 3.18. The first-order chi connectivity index (χ1) is 10.0. The lowest BCUT2D eigenvalue weighted by Gasteiger charge is -2.04. The van der Waals surface area contributed by atoms with E-state index in [1.165, 1.54) is 16.6 Å². The van der Waals surface area contributed by atoms with Crippen molar-refractivity contribution >= 4 is 5.52 Å². The van der Waals surface area contributed by atoms with Gasteiger partial charge in [-0.25, -0.2) is 8.91 Å². The van der Waals surface area contributed by atoms with E-state index in [4.69, 9.17) is 0 Å². The van der Waals surface area contributed by atoms with E-state index in [9.17, 15) is 9.18 Å². The highest BCUT2D eigenvalue weighted by Crippen LogP contribution is 2.18. The molecule has 0 aliphatic carbocycles. The smallest absolute Gasteiger partial charge is 0.276 e. The predicted molar refractivity (Wildman–Crippen MR) is 79.7 cm³/mol. The highest BCUT2D eigenvalue weighted by Gasteiger charge is 2.09. The Hall–Kier alpha value is -2.69. The summed E-state index contributed by atoms with van der Waals surface area (Å²) in [5.41, 5.74) is 2.67. The van der Waals surface area contributed by atoms with Gasteiger partial charge < -0.3 is 4.57 Å². The maximum Gasteiger partial charge on any atom is 0.276 e. The lowest BCUT2D eigenvalue weighted by Crippen LogP contribution is -2.21. The van der Waals surface area contributed by atoms with Crippen LogP contribution in [0.15, 0.2) is 59.7 Å². The van der Waals surface area contributed by atoms with Gasteiger partial charge in [-0.2, -0.15) is 5.10 Å². The van der Waals surface area contributed by atoms with Crippen LogP contribution in [0, 0.1) is 5.82 Å². The van der Waals surface area contributed by atoms with Gasteiger partial charge in [0.05, 0.1) is 5.69 Å². The van der Waals surface area contributed by atoms with E-state index < -0.39 is 0 Å². The van der Waals surface area contributed by atoms with Crippen molar-refractivity contribution in [2.45, 2.75) is 13.5 Å². The summed E-state index contributed by atoms with van der Waals surface area (Å²) in [5.74, 6) is -0.300. The van der Waals surface area contributed by atoms with Crippen LogP contribution in [0.4, 0.5) is 4.39 Å². The van der Waals surface area contributed by atoms with Gasteiger partial charge in [-0.15, -0.1) is 0 Å². The van der Waals surface area contributed by atoms with E-state index in [0.717, 1.165) is 11.1 Å². The normalized spacial score (nSPS) is 11.0. The summed E-state index contributed by atoms with van der Waals surface area (Å²) in [4.78, 5) is 12.4. The van der Waals surface area contributed by atoms with Crippen molar-refractivity contribution < 1.29 is 4.39 Å². The number of benzene rings is 1. The fraction of sp³-hybridized carbons (Fsp3) is 0.125. The topological polar surface area (TPSA) is 39.3 Å². The average molecular weight is 283 g/mol. The molecule has 106 valence electrons. The SMILES string of the molecule is C=C(C)Cn1ccn2nc(-c3ccc(F)cc3)cc2c1=O. The van der Waals surface area contributed by atoms with Gasteiger partial charge in [0, 0.05) is 24.5 Å². The third-order valence-electron chi connectivity index (χ3n) is 3.18. The molecule has 0 saturated heterocycles. The molecule has 21 heavy (non-hydrogen) atoms. The van der Waals surface area contributed by atoms with Crippen LogP contribution in [-0.2, 0) is 6.54 Å². The van der Waals surface area contributed by atoms with Crippen molar-refractivity contribution in [3.63, 3.8) is 0 Å². The van der Waals surface area contributed by atoms with E-state index in [0.29, 0.717) is 17.8 Å². The average Bonchev–Trinajstić information content (AvgIpc) is 2.87. The molecule has 0 atom stereocenters. The maximum atomic E-state index is 13.0. The molecule has 0 N–H and O–H groups in total. The highest BCUT2D eigenvalue weighted by atomic mass is 19.1. The molecule has 2 heterocycles. The molecule has 0 amide bonds. The van der Waals surface area contributed by atoms with Crippen molar-refractivity contribution in [3.8, 4) is 11.3 Å². The molecule has 0 spiro atoms. The Morgan fingerprint density at radius 2 is 2.00 bits per heavy atom. The molecule has 0 fully saturated rings. The van der Waals surface area contributed by atoms with Crippen LogP contribution in [0.25, 0.3) is 16.8 Å². The van der Waals surface area contributed by atoms with Crippen LogP contribution in [0.5, 0.6) is 0 Å². The summed E-state index contributed by atoms with van der Waals surface area (Å²) < 4.78 is 16.1. The van der Waals surface area contributed by atoms with Crippen molar-refractivity contribution in [1.29, 1.82) is 0 Å². The first-order valence-electron chi connectivity index (χ1n) is 6.54. The van der Waals surface area contributed by atoms with Gasteiger partial charge >= 0.3 is 0 Å². The Balaban J connectivity index is 2.12. The molecule has 4 nitrogen and oxygen atoms in total. The highest BCUT2D eigenvalue weighted by molar-refractivity contribution is 5.65. The number of rotatable bonds is 3. The zero-order valence-electron chi connectivity index (χ0n) is 11.6. The minimum Gasteiger partial charge on any atom is -0.308 e. The Bertz CT molecular complexity index is 875. The molecule has 3 aromatic rings. The van der Waals surface area contributed by atoms with Crippen molar-refractivity contribution in [2.75, 3.05) is 0 Å². The van der Waals surface area contributed by atoms with Crippen LogP contribution < -0.4 is 5.56 Å². The third kappa shape index (κ3) is 2.50.